The van der Waals surface area contributed by atoms with Crippen LogP contribution in [-0.2, 0) is 0 Å². The van der Waals surface area contributed by atoms with Crippen LogP contribution in [0.25, 0.3) is 10.9 Å². The third-order valence-corrected chi connectivity index (χ3v) is 2.65. The molecular formula is C8H7BrN2O. The molecular weight excluding hydrogens is 220 g/mol. The molecule has 0 saturated carbocycles. The minimum Gasteiger partial charge on any atom is -0.506 e. The number of benzene rings is 1. The number of phenolic OH excluding ortho intramolecular Hbond substituents is 1. The molecule has 3 nitrogen and oxygen atoms in total. The van der Waals surface area contributed by atoms with Crippen LogP contribution in [0.2, 0.25) is 0 Å². The first kappa shape index (κ1) is 7.61. The summed E-state index contributed by atoms with van der Waals surface area (Å²) in [7, 11) is 0. The lowest BCUT2D eigenvalue weighted by Crippen LogP contribution is -1.78. The number of fused-ring (bicyclic) bond motifs is 1. The number of rotatable bonds is 0. The van der Waals surface area contributed by atoms with Crippen molar-refractivity contribution in [1.82, 2.24) is 10.2 Å². The van der Waals surface area contributed by atoms with Gasteiger partial charge in [0.25, 0.3) is 0 Å². The molecule has 2 aromatic rings. The van der Waals surface area contributed by atoms with Gasteiger partial charge >= 0.3 is 0 Å². The lowest BCUT2D eigenvalue weighted by Gasteiger charge is -2.01. The molecule has 2 N–H and O–H groups in total. The Labute approximate surface area is 77.5 Å². The monoisotopic (exact) mass is 226 g/mol. The van der Waals surface area contributed by atoms with E-state index in [0.29, 0.717) is 4.47 Å². The fraction of sp³-hybridized carbons (Fsp3) is 0.125. The van der Waals surface area contributed by atoms with Gasteiger partial charge < -0.3 is 5.11 Å². The van der Waals surface area contributed by atoms with Crippen LogP contribution >= 0.6 is 15.9 Å². The summed E-state index contributed by atoms with van der Waals surface area (Å²) in [5, 5.41) is 17.2. The van der Waals surface area contributed by atoms with Gasteiger partial charge in [-0.2, -0.15) is 5.10 Å². The van der Waals surface area contributed by atoms with Gasteiger partial charge in [-0.1, -0.05) is 0 Å². The molecule has 12 heavy (non-hydrogen) atoms. The number of nitrogens with one attached hydrogen (secondary N) is 1. The highest BCUT2D eigenvalue weighted by molar-refractivity contribution is 9.10. The van der Waals surface area contributed by atoms with Crippen molar-refractivity contribution in [2.45, 2.75) is 6.92 Å². The number of hydrogen-bond acceptors (Lipinski definition) is 2. The Hall–Kier alpha value is -1.03. The molecule has 2 rings (SSSR count). The fourth-order valence-corrected chi connectivity index (χ4v) is 1.80. The maximum absolute atomic E-state index is 9.53. The molecule has 0 aliphatic heterocycles. The van der Waals surface area contributed by atoms with Crippen LogP contribution in [-0.4, -0.2) is 15.3 Å². The molecule has 1 aromatic carbocycles. The summed E-state index contributed by atoms with van der Waals surface area (Å²) in [5.41, 5.74) is 1.76. The van der Waals surface area contributed by atoms with E-state index in [-0.39, 0.29) is 5.75 Å². The quantitative estimate of drug-likeness (QED) is 0.725. The molecule has 1 heterocycles. The largest absolute Gasteiger partial charge is 0.506 e. The molecule has 0 saturated heterocycles. The molecule has 0 radical (unpaired) electrons. The number of H-pyrrole nitrogens is 1. The van der Waals surface area contributed by atoms with Crippen molar-refractivity contribution in [3.8, 4) is 5.75 Å². The van der Waals surface area contributed by atoms with Gasteiger partial charge in [0, 0.05) is 5.39 Å². The van der Waals surface area contributed by atoms with Gasteiger partial charge in [-0.15, -0.1) is 0 Å². The molecule has 0 aliphatic carbocycles. The molecule has 0 aliphatic rings. The molecule has 62 valence electrons. The van der Waals surface area contributed by atoms with Gasteiger partial charge in [-0.25, -0.2) is 0 Å². The van der Waals surface area contributed by atoms with Crippen molar-refractivity contribution in [3.63, 3.8) is 0 Å². The molecule has 1 aromatic heterocycles. The highest BCUT2D eigenvalue weighted by Gasteiger charge is 2.08. The lowest BCUT2D eigenvalue weighted by atomic mass is 10.2. The molecule has 0 atom stereocenters. The summed E-state index contributed by atoms with van der Waals surface area (Å²) in [4.78, 5) is 0. The topological polar surface area (TPSA) is 48.9 Å². The van der Waals surface area contributed by atoms with Gasteiger partial charge in [0.1, 0.15) is 5.75 Å². The van der Waals surface area contributed by atoms with Crippen LogP contribution in [0.5, 0.6) is 5.75 Å². The number of halogens is 1. The predicted molar refractivity (Wildman–Crippen MR) is 50.2 cm³/mol. The van der Waals surface area contributed by atoms with E-state index in [0.717, 1.165) is 16.5 Å². The predicted octanol–water partition coefficient (Wildman–Crippen LogP) is 2.34. The zero-order chi connectivity index (χ0) is 8.72. The molecule has 0 unspecified atom stereocenters. The first-order chi connectivity index (χ1) is 5.70. The number of aromatic amines is 1. The number of nitrogens with zero attached hydrogens (tertiary/aromatic N) is 1. The number of aromatic nitrogens is 2. The van der Waals surface area contributed by atoms with Gasteiger partial charge in [-0.05, 0) is 34.5 Å². The van der Waals surface area contributed by atoms with E-state index in [1.807, 2.05) is 13.0 Å². The molecule has 0 amide bonds. The zero-order valence-electron chi connectivity index (χ0n) is 6.43. The summed E-state index contributed by atoms with van der Waals surface area (Å²) in [6, 6.07) is 1.86. The van der Waals surface area contributed by atoms with Crippen LogP contribution in [0.15, 0.2) is 16.7 Å². The minimum atomic E-state index is 0.281. The summed E-state index contributed by atoms with van der Waals surface area (Å²) < 4.78 is 0.700. The van der Waals surface area contributed by atoms with Crippen LogP contribution in [0.1, 0.15) is 5.56 Å². The Bertz CT molecular complexity index is 436. The van der Waals surface area contributed by atoms with Crippen LogP contribution in [0.3, 0.4) is 0 Å². The van der Waals surface area contributed by atoms with Gasteiger partial charge in [0.05, 0.1) is 16.2 Å². The second kappa shape index (κ2) is 2.48. The van der Waals surface area contributed by atoms with Crippen LogP contribution in [0, 0.1) is 6.92 Å². The van der Waals surface area contributed by atoms with E-state index >= 15 is 0 Å². The average molecular weight is 227 g/mol. The summed E-state index contributed by atoms with van der Waals surface area (Å²) >= 11 is 3.30. The Balaban J connectivity index is 2.94. The van der Waals surface area contributed by atoms with Crippen molar-refractivity contribution in [2.24, 2.45) is 0 Å². The fourth-order valence-electron chi connectivity index (χ4n) is 1.17. The third kappa shape index (κ3) is 0.914. The van der Waals surface area contributed by atoms with Crippen molar-refractivity contribution in [1.29, 1.82) is 0 Å². The van der Waals surface area contributed by atoms with E-state index in [1.165, 1.54) is 0 Å². The highest BCUT2D eigenvalue weighted by atomic mass is 79.9. The lowest BCUT2D eigenvalue weighted by molar-refractivity contribution is 0.469. The normalized spacial score (nSPS) is 10.8. The number of aromatic hydroxyl groups is 1. The van der Waals surface area contributed by atoms with Crippen LogP contribution in [0.4, 0.5) is 0 Å². The maximum Gasteiger partial charge on any atom is 0.133 e. The Morgan fingerprint density at radius 3 is 3.08 bits per heavy atom. The van der Waals surface area contributed by atoms with E-state index in [4.69, 9.17) is 0 Å². The van der Waals surface area contributed by atoms with Crippen molar-refractivity contribution >= 4 is 26.8 Å². The Morgan fingerprint density at radius 1 is 1.58 bits per heavy atom. The second-order valence-corrected chi connectivity index (χ2v) is 3.48. The Morgan fingerprint density at radius 2 is 2.33 bits per heavy atom. The second-order valence-electron chi connectivity index (χ2n) is 2.69. The van der Waals surface area contributed by atoms with Crippen molar-refractivity contribution in [2.75, 3.05) is 0 Å². The standard InChI is InChI=1S/C8H7BrN2O/c1-4-2-6-5(3-10-11-6)7(9)8(4)12/h2-3,12H,1H3,(H,10,11). The molecule has 0 fully saturated rings. The van der Waals surface area contributed by atoms with Crippen molar-refractivity contribution < 1.29 is 5.11 Å². The Kier molecular flexibility index (Phi) is 1.58. The smallest absolute Gasteiger partial charge is 0.133 e. The number of hydrogen-bond donors (Lipinski definition) is 2. The molecule has 4 heteroatoms. The number of phenols is 1. The van der Waals surface area contributed by atoms with Crippen molar-refractivity contribution in [3.05, 3.63) is 22.3 Å². The highest BCUT2D eigenvalue weighted by Crippen LogP contribution is 2.34. The van der Waals surface area contributed by atoms with Crippen LogP contribution < -0.4 is 0 Å². The van der Waals surface area contributed by atoms with E-state index in [2.05, 4.69) is 26.1 Å². The first-order valence-electron chi connectivity index (χ1n) is 3.51. The summed E-state index contributed by atoms with van der Waals surface area (Å²) in [6.45, 7) is 1.85. The van der Waals surface area contributed by atoms with Gasteiger partial charge in [0.2, 0.25) is 0 Å². The average Bonchev–Trinajstić information content (AvgIpc) is 2.48. The maximum atomic E-state index is 9.53. The molecule has 0 spiro atoms. The minimum absolute atomic E-state index is 0.281. The summed E-state index contributed by atoms with van der Waals surface area (Å²) in [5.74, 6) is 0.281. The van der Waals surface area contributed by atoms with Gasteiger partial charge in [0.15, 0.2) is 0 Å². The molecule has 0 bridgehead atoms. The SMILES string of the molecule is Cc1cc2[nH]ncc2c(Br)c1O. The number of aryl methyl sites for hydroxylation is 1. The first-order valence-corrected chi connectivity index (χ1v) is 4.30. The zero-order valence-corrected chi connectivity index (χ0v) is 8.01. The van der Waals surface area contributed by atoms with E-state index in [9.17, 15) is 5.11 Å². The van der Waals surface area contributed by atoms with E-state index in [1.54, 1.807) is 6.20 Å². The third-order valence-electron chi connectivity index (χ3n) is 1.85. The van der Waals surface area contributed by atoms with E-state index < -0.39 is 0 Å². The summed E-state index contributed by atoms with van der Waals surface area (Å²) in [6.07, 6.45) is 1.68. The van der Waals surface area contributed by atoms with Gasteiger partial charge in [-0.3, -0.25) is 5.10 Å².